The molecule has 0 aliphatic heterocycles. The summed E-state index contributed by atoms with van der Waals surface area (Å²) >= 11 is 0. The van der Waals surface area contributed by atoms with E-state index in [1.807, 2.05) is 0 Å². The van der Waals surface area contributed by atoms with E-state index in [1.54, 1.807) is 0 Å². The SMILES string of the molecule is C[C@@]1(CO)C[C@H]2CC(CO)=C3[C@@H](O)C[C@]3(C)[C@H]2C1. The minimum atomic E-state index is -0.334. The van der Waals surface area contributed by atoms with Crippen molar-refractivity contribution in [1.29, 1.82) is 0 Å². The van der Waals surface area contributed by atoms with Gasteiger partial charge in [-0.05, 0) is 59.5 Å². The molecule has 3 N–H and O–H groups in total. The first-order valence-electron chi connectivity index (χ1n) is 7.06. The van der Waals surface area contributed by atoms with E-state index in [9.17, 15) is 15.3 Å². The van der Waals surface area contributed by atoms with Crippen LogP contribution in [0.4, 0.5) is 0 Å². The van der Waals surface area contributed by atoms with Crippen molar-refractivity contribution in [1.82, 2.24) is 0 Å². The van der Waals surface area contributed by atoms with Gasteiger partial charge in [0.2, 0.25) is 0 Å². The van der Waals surface area contributed by atoms with Crippen molar-refractivity contribution in [3.05, 3.63) is 11.1 Å². The van der Waals surface area contributed by atoms with Crippen LogP contribution in [-0.4, -0.2) is 34.6 Å². The second-order valence-corrected chi connectivity index (χ2v) is 7.26. The normalized spacial score (nSPS) is 50.8. The number of hydrogen-bond acceptors (Lipinski definition) is 3. The zero-order valence-corrected chi connectivity index (χ0v) is 11.3. The highest BCUT2D eigenvalue weighted by Crippen LogP contribution is 2.66. The quantitative estimate of drug-likeness (QED) is 0.652. The van der Waals surface area contributed by atoms with Crippen LogP contribution in [0.3, 0.4) is 0 Å². The summed E-state index contributed by atoms with van der Waals surface area (Å²) in [5, 5.41) is 29.1. The van der Waals surface area contributed by atoms with Crippen LogP contribution in [0.15, 0.2) is 11.1 Å². The molecule has 0 heterocycles. The second kappa shape index (κ2) is 3.81. The lowest BCUT2D eigenvalue weighted by atomic mass is 9.50. The Kier molecular flexibility index (Phi) is 2.68. The summed E-state index contributed by atoms with van der Waals surface area (Å²) in [6.07, 6.45) is 3.52. The molecule has 0 bridgehead atoms. The van der Waals surface area contributed by atoms with Gasteiger partial charge in [-0.3, -0.25) is 0 Å². The van der Waals surface area contributed by atoms with Gasteiger partial charge >= 0.3 is 0 Å². The molecule has 3 nitrogen and oxygen atoms in total. The molecule has 0 unspecified atom stereocenters. The standard InChI is InChI=1S/C15H24O3/c1-14(8-17)4-9-3-10(7-16)13-12(18)6-15(13,2)11(9)5-14/h9,11-12,16-18H,3-8H2,1-2H3/t9-,11+,12+,14-,15-/m1/s1. The Morgan fingerprint density at radius 2 is 1.89 bits per heavy atom. The molecular formula is C15H24O3. The van der Waals surface area contributed by atoms with Gasteiger partial charge in [0.15, 0.2) is 0 Å². The molecule has 18 heavy (non-hydrogen) atoms. The smallest absolute Gasteiger partial charge is 0.0767 e. The summed E-state index contributed by atoms with van der Waals surface area (Å²) in [5.74, 6) is 1.15. The monoisotopic (exact) mass is 252 g/mol. The number of hydrogen-bond donors (Lipinski definition) is 3. The van der Waals surface area contributed by atoms with Crippen LogP contribution in [0.1, 0.15) is 39.5 Å². The van der Waals surface area contributed by atoms with Crippen molar-refractivity contribution < 1.29 is 15.3 Å². The molecule has 102 valence electrons. The van der Waals surface area contributed by atoms with Crippen molar-refractivity contribution in [3.8, 4) is 0 Å². The molecule has 0 radical (unpaired) electrons. The van der Waals surface area contributed by atoms with Gasteiger partial charge in [0.1, 0.15) is 0 Å². The van der Waals surface area contributed by atoms with Crippen molar-refractivity contribution in [2.75, 3.05) is 13.2 Å². The number of fused-ring (bicyclic) bond motifs is 3. The maximum atomic E-state index is 10.00. The summed E-state index contributed by atoms with van der Waals surface area (Å²) in [6, 6.07) is 0. The largest absolute Gasteiger partial charge is 0.396 e. The first kappa shape index (κ1) is 12.6. The van der Waals surface area contributed by atoms with E-state index in [1.165, 1.54) is 0 Å². The lowest BCUT2D eigenvalue weighted by molar-refractivity contribution is -0.0123. The molecule has 0 aromatic carbocycles. The highest BCUT2D eigenvalue weighted by atomic mass is 16.3. The maximum absolute atomic E-state index is 10.00. The van der Waals surface area contributed by atoms with Gasteiger partial charge in [-0.25, -0.2) is 0 Å². The molecule has 3 rings (SSSR count). The van der Waals surface area contributed by atoms with Gasteiger partial charge in [-0.1, -0.05) is 13.8 Å². The van der Waals surface area contributed by atoms with Gasteiger partial charge in [0.25, 0.3) is 0 Å². The fourth-order valence-corrected chi connectivity index (χ4v) is 5.08. The van der Waals surface area contributed by atoms with Crippen LogP contribution in [-0.2, 0) is 0 Å². The summed E-state index contributed by atoms with van der Waals surface area (Å²) < 4.78 is 0. The first-order valence-corrected chi connectivity index (χ1v) is 7.06. The predicted octanol–water partition coefficient (Wildman–Crippen LogP) is 1.47. The van der Waals surface area contributed by atoms with Crippen molar-refractivity contribution in [2.24, 2.45) is 22.7 Å². The summed E-state index contributed by atoms with van der Waals surface area (Å²) in [5.41, 5.74) is 2.30. The lowest BCUT2D eigenvalue weighted by Gasteiger charge is -2.56. The average molecular weight is 252 g/mol. The molecule has 0 saturated heterocycles. The van der Waals surface area contributed by atoms with E-state index in [4.69, 9.17) is 0 Å². The Balaban J connectivity index is 1.95. The van der Waals surface area contributed by atoms with E-state index in [2.05, 4.69) is 13.8 Å². The van der Waals surface area contributed by atoms with E-state index < -0.39 is 0 Å². The third-order valence-corrected chi connectivity index (χ3v) is 5.88. The van der Waals surface area contributed by atoms with Crippen molar-refractivity contribution in [3.63, 3.8) is 0 Å². The molecular weight excluding hydrogens is 228 g/mol. The molecule has 0 amide bonds. The molecule has 0 spiro atoms. The van der Waals surface area contributed by atoms with Gasteiger partial charge in [-0.2, -0.15) is 0 Å². The number of aliphatic hydroxyl groups excluding tert-OH is 3. The first-order chi connectivity index (χ1) is 8.43. The molecule has 0 aromatic rings. The topological polar surface area (TPSA) is 60.7 Å². The van der Waals surface area contributed by atoms with Gasteiger partial charge < -0.3 is 15.3 Å². The number of aliphatic hydroxyl groups is 3. The molecule has 0 aromatic heterocycles. The van der Waals surface area contributed by atoms with Crippen molar-refractivity contribution >= 4 is 0 Å². The minimum absolute atomic E-state index is 0.0366. The van der Waals surface area contributed by atoms with Gasteiger partial charge in [-0.15, -0.1) is 0 Å². The Labute approximate surface area is 109 Å². The maximum Gasteiger partial charge on any atom is 0.0767 e. The van der Waals surface area contributed by atoms with Crippen LogP contribution < -0.4 is 0 Å². The van der Waals surface area contributed by atoms with E-state index in [0.29, 0.717) is 11.8 Å². The predicted molar refractivity (Wildman–Crippen MR) is 68.9 cm³/mol. The molecule has 3 aliphatic carbocycles. The average Bonchev–Trinajstić information content (AvgIpc) is 2.66. The van der Waals surface area contributed by atoms with E-state index in [-0.39, 0.29) is 30.1 Å². The second-order valence-electron chi connectivity index (χ2n) is 7.26. The lowest BCUT2D eigenvalue weighted by Crippen LogP contribution is -2.51. The zero-order valence-electron chi connectivity index (χ0n) is 11.3. The van der Waals surface area contributed by atoms with Crippen LogP contribution in [0, 0.1) is 22.7 Å². The molecule has 3 aliphatic rings. The van der Waals surface area contributed by atoms with Crippen LogP contribution in [0.5, 0.6) is 0 Å². The summed E-state index contributed by atoms with van der Waals surface area (Å²) in [4.78, 5) is 0. The Bertz CT molecular complexity index is 403. The van der Waals surface area contributed by atoms with Crippen LogP contribution >= 0.6 is 0 Å². The van der Waals surface area contributed by atoms with Crippen molar-refractivity contribution in [2.45, 2.75) is 45.6 Å². The van der Waals surface area contributed by atoms with Crippen LogP contribution in [0.25, 0.3) is 0 Å². The zero-order chi connectivity index (χ0) is 13.1. The Hall–Kier alpha value is -0.380. The molecule has 3 heteroatoms. The summed E-state index contributed by atoms with van der Waals surface area (Å²) in [6.45, 7) is 4.75. The van der Waals surface area contributed by atoms with E-state index >= 15 is 0 Å². The van der Waals surface area contributed by atoms with E-state index in [0.717, 1.165) is 36.8 Å². The van der Waals surface area contributed by atoms with Gasteiger partial charge in [0, 0.05) is 6.61 Å². The highest BCUT2D eigenvalue weighted by molar-refractivity contribution is 5.39. The summed E-state index contributed by atoms with van der Waals surface area (Å²) in [7, 11) is 0. The Morgan fingerprint density at radius 1 is 1.17 bits per heavy atom. The van der Waals surface area contributed by atoms with Crippen LogP contribution in [0.2, 0.25) is 0 Å². The highest BCUT2D eigenvalue weighted by Gasteiger charge is 2.59. The molecule has 5 atom stereocenters. The molecule has 2 fully saturated rings. The Morgan fingerprint density at radius 3 is 2.44 bits per heavy atom. The molecule has 2 saturated carbocycles. The van der Waals surface area contributed by atoms with Gasteiger partial charge in [0.05, 0.1) is 12.7 Å². The fraction of sp³-hybridized carbons (Fsp3) is 0.867. The minimum Gasteiger partial charge on any atom is -0.396 e. The number of rotatable bonds is 2. The third kappa shape index (κ3) is 1.47. The fourth-order valence-electron chi connectivity index (χ4n) is 5.08. The third-order valence-electron chi connectivity index (χ3n) is 5.88.